The predicted molar refractivity (Wildman–Crippen MR) is 57.9 cm³/mol. The Morgan fingerprint density at radius 2 is 2.25 bits per heavy atom. The molecule has 0 bridgehead atoms. The van der Waals surface area contributed by atoms with Gasteiger partial charge < -0.3 is 9.84 Å². The number of rotatable bonds is 3. The molecule has 4 heteroatoms. The van der Waals surface area contributed by atoms with E-state index in [1.807, 2.05) is 13.0 Å². The molecule has 0 aliphatic rings. The van der Waals surface area contributed by atoms with Crippen molar-refractivity contribution in [2.24, 2.45) is 0 Å². The molecule has 16 heavy (non-hydrogen) atoms. The van der Waals surface area contributed by atoms with E-state index in [1.54, 1.807) is 6.07 Å². The number of hydrogen-bond acceptors (Lipinski definition) is 4. The molecule has 0 aliphatic carbocycles. The lowest BCUT2D eigenvalue weighted by atomic mass is 9.96. The van der Waals surface area contributed by atoms with E-state index < -0.39 is 5.97 Å². The van der Waals surface area contributed by atoms with Crippen molar-refractivity contribution < 1.29 is 14.6 Å². The summed E-state index contributed by atoms with van der Waals surface area (Å²) in [5.74, 6) is -0.518. The minimum atomic E-state index is -0.420. The zero-order chi connectivity index (χ0) is 12.1. The largest absolute Gasteiger partial charge is 0.507 e. The van der Waals surface area contributed by atoms with Crippen LogP contribution in [-0.4, -0.2) is 18.2 Å². The highest BCUT2D eigenvalue weighted by molar-refractivity contribution is 5.74. The van der Waals surface area contributed by atoms with Crippen LogP contribution in [0.5, 0.6) is 5.75 Å². The first kappa shape index (κ1) is 12.1. The third kappa shape index (κ3) is 2.31. The van der Waals surface area contributed by atoms with Crippen LogP contribution in [0.3, 0.4) is 0 Å². The van der Waals surface area contributed by atoms with Gasteiger partial charge in [-0.05, 0) is 23.6 Å². The van der Waals surface area contributed by atoms with Crippen LogP contribution in [0.4, 0.5) is 0 Å². The summed E-state index contributed by atoms with van der Waals surface area (Å²) in [4.78, 5) is 11.2. The number of carbonyl (C=O) groups is 1. The van der Waals surface area contributed by atoms with Gasteiger partial charge in [-0.15, -0.1) is 0 Å². The van der Waals surface area contributed by atoms with Gasteiger partial charge in [0, 0.05) is 0 Å². The summed E-state index contributed by atoms with van der Waals surface area (Å²) in [5.41, 5.74) is 1.58. The number of methoxy groups -OCH3 is 1. The van der Waals surface area contributed by atoms with Gasteiger partial charge in [-0.25, -0.2) is 0 Å². The van der Waals surface area contributed by atoms with E-state index in [4.69, 9.17) is 5.26 Å². The highest BCUT2D eigenvalue weighted by Crippen LogP contribution is 2.25. The Morgan fingerprint density at radius 1 is 1.56 bits per heavy atom. The van der Waals surface area contributed by atoms with E-state index in [2.05, 4.69) is 4.74 Å². The summed E-state index contributed by atoms with van der Waals surface area (Å²) in [6.07, 6.45) is 0.707. The minimum Gasteiger partial charge on any atom is -0.507 e. The fourth-order valence-electron chi connectivity index (χ4n) is 1.55. The molecule has 0 aromatic heterocycles. The second-order valence-electron chi connectivity index (χ2n) is 3.32. The van der Waals surface area contributed by atoms with Gasteiger partial charge in [0.1, 0.15) is 11.8 Å². The standard InChI is InChI=1S/C12H13NO3/c1-3-8-4-5-11(14)10(7-13)9(8)6-12(15)16-2/h4-5,14H,3,6H2,1-2H3. The Hall–Kier alpha value is -2.02. The van der Waals surface area contributed by atoms with Crippen LogP contribution in [0, 0.1) is 11.3 Å². The Morgan fingerprint density at radius 3 is 2.75 bits per heavy atom. The predicted octanol–water partition coefficient (Wildman–Crippen LogP) is 1.54. The van der Waals surface area contributed by atoms with E-state index in [-0.39, 0.29) is 17.7 Å². The summed E-state index contributed by atoms with van der Waals surface area (Å²) < 4.78 is 4.56. The van der Waals surface area contributed by atoms with Gasteiger partial charge in [-0.1, -0.05) is 13.0 Å². The molecule has 0 atom stereocenters. The normalized spacial score (nSPS) is 9.56. The molecule has 1 rings (SSSR count). The molecule has 1 aromatic carbocycles. The lowest BCUT2D eigenvalue weighted by Gasteiger charge is -2.10. The van der Waals surface area contributed by atoms with Crippen molar-refractivity contribution in [2.75, 3.05) is 7.11 Å². The number of aryl methyl sites for hydroxylation is 1. The Bertz CT molecular complexity index is 446. The Labute approximate surface area is 94.1 Å². The number of ether oxygens (including phenoxy) is 1. The van der Waals surface area contributed by atoms with E-state index >= 15 is 0 Å². The zero-order valence-corrected chi connectivity index (χ0v) is 9.28. The number of hydrogen-bond donors (Lipinski definition) is 1. The third-order valence-electron chi connectivity index (χ3n) is 2.43. The molecule has 0 saturated carbocycles. The van der Waals surface area contributed by atoms with Crippen molar-refractivity contribution in [2.45, 2.75) is 19.8 Å². The topological polar surface area (TPSA) is 70.3 Å². The number of esters is 1. The van der Waals surface area contributed by atoms with Gasteiger partial charge in [0.05, 0.1) is 19.1 Å². The van der Waals surface area contributed by atoms with Crippen molar-refractivity contribution in [1.82, 2.24) is 0 Å². The number of benzene rings is 1. The molecule has 0 unspecified atom stereocenters. The summed E-state index contributed by atoms with van der Waals surface area (Å²) in [5, 5.41) is 18.5. The molecule has 0 aliphatic heterocycles. The van der Waals surface area contributed by atoms with Gasteiger partial charge in [0.15, 0.2) is 0 Å². The molecule has 1 aromatic rings. The number of nitriles is 1. The highest BCUT2D eigenvalue weighted by atomic mass is 16.5. The fourth-order valence-corrected chi connectivity index (χ4v) is 1.55. The maximum Gasteiger partial charge on any atom is 0.310 e. The van der Waals surface area contributed by atoms with Gasteiger partial charge in [-0.2, -0.15) is 5.26 Å². The van der Waals surface area contributed by atoms with Crippen LogP contribution in [-0.2, 0) is 22.4 Å². The zero-order valence-electron chi connectivity index (χ0n) is 9.28. The van der Waals surface area contributed by atoms with Crippen molar-refractivity contribution in [3.8, 4) is 11.8 Å². The number of nitrogens with zero attached hydrogens (tertiary/aromatic N) is 1. The summed E-state index contributed by atoms with van der Waals surface area (Å²) in [6.45, 7) is 1.92. The van der Waals surface area contributed by atoms with Crippen molar-refractivity contribution in [1.29, 1.82) is 5.26 Å². The van der Waals surface area contributed by atoms with Crippen LogP contribution in [0.2, 0.25) is 0 Å². The number of phenols is 1. The van der Waals surface area contributed by atoms with Crippen molar-refractivity contribution in [3.05, 3.63) is 28.8 Å². The lowest BCUT2D eigenvalue weighted by Crippen LogP contribution is -2.08. The average Bonchev–Trinajstić information content (AvgIpc) is 2.29. The molecule has 0 amide bonds. The van der Waals surface area contributed by atoms with Crippen LogP contribution in [0.25, 0.3) is 0 Å². The monoisotopic (exact) mass is 219 g/mol. The van der Waals surface area contributed by atoms with E-state index in [0.717, 1.165) is 5.56 Å². The first-order valence-corrected chi connectivity index (χ1v) is 4.94. The van der Waals surface area contributed by atoms with Gasteiger partial charge in [0.2, 0.25) is 0 Å². The Kier molecular flexibility index (Phi) is 3.90. The smallest absolute Gasteiger partial charge is 0.310 e. The molecule has 1 N–H and O–H groups in total. The summed E-state index contributed by atoms with van der Waals surface area (Å²) in [6, 6.07) is 5.10. The SMILES string of the molecule is CCc1ccc(O)c(C#N)c1CC(=O)OC. The average molecular weight is 219 g/mol. The van der Waals surface area contributed by atoms with Crippen molar-refractivity contribution in [3.63, 3.8) is 0 Å². The highest BCUT2D eigenvalue weighted by Gasteiger charge is 2.15. The van der Waals surface area contributed by atoms with Gasteiger partial charge in [0.25, 0.3) is 0 Å². The lowest BCUT2D eigenvalue weighted by molar-refractivity contribution is -0.139. The van der Waals surface area contributed by atoms with Crippen LogP contribution < -0.4 is 0 Å². The summed E-state index contributed by atoms with van der Waals surface area (Å²) >= 11 is 0. The van der Waals surface area contributed by atoms with Crippen LogP contribution >= 0.6 is 0 Å². The quantitative estimate of drug-likeness (QED) is 0.783. The fraction of sp³-hybridized carbons (Fsp3) is 0.333. The first-order chi connectivity index (χ1) is 7.63. The molecular weight excluding hydrogens is 206 g/mol. The number of phenolic OH excluding ortho intramolecular Hbond substituents is 1. The molecule has 0 radical (unpaired) electrons. The molecule has 84 valence electrons. The van der Waals surface area contributed by atoms with Gasteiger partial charge in [-0.3, -0.25) is 4.79 Å². The van der Waals surface area contributed by atoms with E-state index in [1.165, 1.54) is 13.2 Å². The molecule has 4 nitrogen and oxygen atoms in total. The third-order valence-corrected chi connectivity index (χ3v) is 2.43. The van der Waals surface area contributed by atoms with Crippen LogP contribution in [0.15, 0.2) is 12.1 Å². The first-order valence-electron chi connectivity index (χ1n) is 4.94. The molecular formula is C12H13NO3. The maximum atomic E-state index is 11.2. The molecule has 0 saturated heterocycles. The number of carbonyl (C=O) groups excluding carboxylic acids is 1. The van der Waals surface area contributed by atoms with E-state index in [9.17, 15) is 9.90 Å². The van der Waals surface area contributed by atoms with Crippen molar-refractivity contribution >= 4 is 5.97 Å². The maximum absolute atomic E-state index is 11.2. The molecule has 0 spiro atoms. The second kappa shape index (κ2) is 5.17. The summed E-state index contributed by atoms with van der Waals surface area (Å²) in [7, 11) is 1.29. The van der Waals surface area contributed by atoms with E-state index in [0.29, 0.717) is 12.0 Å². The second-order valence-corrected chi connectivity index (χ2v) is 3.32. The van der Waals surface area contributed by atoms with Gasteiger partial charge >= 0.3 is 5.97 Å². The number of aromatic hydroxyl groups is 1. The molecule has 0 heterocycles. The molecule has 0 fully saturated rings. The van der Waals surface area contributed by atoms with Crippen LogP contribution in [0.1, 0.15) is 23.6 Å². The Balaban J connectivity index is 3.26. The minimum absolute atomic E-state index is 0.0109.